The van der Waals surface area contributed by atoms with Gasteiger partial charge in [0.2, 0.25) is 17.7 Å². The van der Waals surface area contributed by atoms with E-state index in [1.807, 2.05) is 36.4 Å². The maximum atomic E-state index is 14.6. The van der Waals surface area contributed by atoms with E-state index in [9.17, 15) is 27.6 Å². The highest BCUT2D eigenvalue weighted by Gasteiger charge is 2.61. The van der Waals surface area contributed by atoms with Gasteiger partial charge in [0.1, 0.15) is 17.4 Å². The molecule has 5 atom stereocenters. The molecule has 0 radical (unpaired) electrons. The number of carbonyl (C=O) groups is 4. The summed E-state index contributed by atoms with van der Waals surface area (Å²) in [6, 6.07) is 6.53. The van der Waals surface area contributed by atoms with Crippen molar-refractivity contribution in [2.45, 2.75) is 117 Å². The fraction of sp³-hybridized carbons (Fsp3) is 0.641. The largest absolute Gasteiger partial charge is 0.471 e. The molecule has 53 heavy (non-hydrogen) atoms. The van der Waals surface area contributed by atoms with Crippen LogP contribution in [0.5, 0.6) is 5.88 Å². The molecule has 2 aliphatic heterocycles. The second-order valence-corrected chi connectivity index (χ2v) is 18.3. The summed E-state index contributed by atoms with van der Waals surface area (Å²) in [5.41, 5.74) is 0.0451. The second kappa shape index (κ2) is 16.2. The summed E-state index contributed by atoms with van der Waals surface area (Å²) < 4.78 is 40.7. The van der Waals surface area contributed by atoms with Crippen molar-refractivity contribution in [1.82, 2.24) is 23.9 Å². The number of fused-ring (bicyclic) bond motifs is 3. The van der Waals surface area contributed by atoms with Gasteiger partial charge in [-0.3, -0.25) is 19.2 Å². The van der Waals surface area contributed by atoms with Crippen LogP contribution in [0.25, 0.3) is 11.0 Å². The molecule has 13 nitrogen and oxygen atoms in total. The first kappa shape index (κ1) is 40.3. The number of ether oxygens (including phenoxy) is 2. The average Bonchev–Trinajstić information content (AvgIpc) is 3.59. The predicted octanol–water partition coefficient (Wildman–Crippen LogP) is 4.93. The Morgan fingerprint density at radius 1 is 1.08 bits per heavy atom. The highest BCUT2D eigenvalue weighted by molar-refractivity contribution is 7.87. The van der Waals surface area contributed by atoms with Gasteiger partial charge in [-0.25, -0.2) is 14.7 Å². The van der Waals surface area contributed by atoms with Gasteiger partial charge in [-0.15, -0.1) is 0 Å². The van der Waals surface area contributed by atoms with Crippen molar-refractivity contribution < 1.29 is 37.1 Å². The lowest BCUT2D eigenvalue weighted by molar-refractivity contribution is -0.159. The van der Waals surface area contributed by atoms with E-state index in [1.165, 1.54) is 19.0 Å². The molecule has 3 aliphatic rings. The Bertz CT molecular complexity index is 1840. The van der Waals surface area contributed by atoms with Crippen LogP contribution < -0.4 is 9.46 Å². The fourth-order valence-electron chi connectivity index (χ4n) is 7.31. The second-order valence-electron chi connectivity index (χ2n) is 16.4. The molecular formula is C39H55N5O8S. The molecule has 2 aromatic rings. The minimum atomic E-state index is -4.11. The van der Waals surface area contributed by atoms with E-state index < -0.39 is 51.2 Å². The van der Waals surface area contributed by atoms with Crippen LogP contribution in [0.1, 0.15) is 98.1 Å². The number of rotatable bonds is 9. The fourth-order valence-corrected chi connectivity index (χ4v) is 7.94. The molecule has 1 saturated heterocycles. The van der Waals surface area contributed by atoms with Gasteiger partial charge in [0, 0.05) is 32.9 Å². The summed E-state index contributed by atoms with van der Waals surface area (Å²) in [6.07, 6.45) is 7.42. The van der Waals surface area contributed by atoms with E-state index in [-0.39, 0.29) is 49.3 Å². The Hall–Kier alpha value is -3.91. The Balaban J connectivity index is 1.50. The van der Waals surface area contributed by atoms with Crippen molar-refractivity contribution >= 4 is 44.8 Å². The Morgan fingerprint density at radius 3 is 2.43 bits per heavy atom. The highest BCUT2D eigenvalue weighted by atomic mass is 32.2. The molecule has 2 fully saturated rings. The van der Waals surface area contributed by atoms with Crippen molar-refractivity contribution in [3.8, 4) is 5.88 Å². The number of nitrogens with zero attached hydrogens (tertiary/aromatic N) is 4. The number of hydrogen-bond donors (Lipinski definition) is 1. The normalized spacial score (nSPS) is 26.4. The molecule has 0 bridgehead atoms. The Morgan fingerprint density at radius 2 is 1.77 bits per heavy atom. The monoisotopic (exact) mass is 753 g/mol. The van der Waals surface area contributed by atoms with E-state index in [2.05, 4.69) is 18.6 Å². The first-order chi connectivity index (χ1) is 24.9. The van der Waals surface area contributed by atoms with Crippen LogP contribution in [0.2, 0.25) is 0 Å². The number of ketones is 1. The maximum Gasteiger partial charge on any atom is 0.307 e. The molecule has 3 heterocycles. The molecule has 1 aliphatic carbocycles. The number of para-hydroxylation sites is 2. The van der Waals surface area contributed by atoms with Crippen molar-refractivity contribution in [1.29, 1.82) is 0 Å². The molecule has 1 aromatic heterocycles. The van der Waals surface area contributed by atoms with Crippen molar-refractivity contribution in [2.24, 2.45) is 23.2 Å². The third-order valence-electron chi connectivity index (χ3n) is 10.2. The molecule has 1 saturated carbocycles. The molecule has 0 spiro atoms. The van der Waals surface area contributed by atoms with Crippen LogP contribution in [0, 0.1) is 23.2 Å². The lowest BCUT2D eigenvalue weighted by atomic mass is 9.90. The number of carbonyl (C=O) groups excluding carboxylic acids is 4. The molecule has 5 rings (SSSR count). The number of aromatic nitrogens is 2. The van der Waals surface area contributed by atoms with Gasteiger partial charge >= 0.3 is 16.2 Å². The van der Waals surface area contributed by atoms with Gasteiger partial charge in [-0.2, -0.15) is 12.7 Å². The predicted molar refractivity (Wildman–Crippen MR) is 200 cm³/mol. The van der Waals surface area contributed by atoms with Gasteiger partial charge < -0.3 is 14.4 Å². The van der Waals surface area contributed by atoms with Crippen molar-refractivity contribution in [3.05, 3.63) is 42.1 Å². The summed E-state index contributed by atoms with van der Waals surface area (Å²) in [5, 5.41) is 0. The molecule has 290 valence electrons. The number of hydrogen-bond acceptors (Lipinski definition) is 10. The van der Waals surface area contributed by atoms with Crippen LogP contribution in [0.4, 0.5) is 0 Å². The van der Waals surface area contributed by atoms with E-state index in [4.69, 9.17) is 19.4 Å². The van der Waals surface area contributed by atoms with E-state index in [0.29, 0.717) is 42.8 Å². The topological polar surface area (TPSA) is 165 Å². The van der Waals surface area contributed by atoms with Gasteiger partial charge in [0.25, 0.3) is 0 Å². The maximum absolute atomic E-state index is 14.6. The Labute approximate surface area is 313 Å². The van der Waals surface area contributed by atoms with Crippen LogP contribution >= 0.6 is 0 Å². The summed E-state index contributed by atoms with van der Waals surface area (Å²) in [6.45, 7) is 9.54. The van der Waals surface area contributed by atoms with Gasteiger partial charge in [0.05, 0.1) is 35.5 Å². The summed E-state index contributed by atoms with van der Waals surface area (Å²) in [4.78, 5) is 67.1. The number of allylic oxidation sites excluding steroid dienone is 2. The van der Waals surface area contributed by atoms with Gasteiger partial charge in [0.15, 0.2) is 5.78 Å². The third-order valence-corrected chi connectivity index (χ3v) is 11.6. The number of Topliss-reactive ketones (excluding diaryl/α,β-unsaturated/α-hetero) is 1. The minimum Gasteiger partial charge on any atom is -0.471 e. The lowest BCUT2D eigenvalue weighted by Crippen LogP contribution is -2.47. The van der Waals surface area contributed by atoms with Crippen LogP contribution in [0.3, 0.4) is 0 Å². The Kier molecular flexibility index (Phi) is 12.3. The first-order valence-corrected chi connectivity index (χ1v) is 20.2. The molecule has 2 amide bonds. The van der Waals surface area contributed by atoms with Crippen LogP contribution in [-0.4, -0.2) is 89.5 Å². The SMILES string of the molecule is CC(C)Cc1nc2ccccc2nc1O[C@@H]1C[C@H]2C(=O)C[C@]3(C(=O)NS(=O)(=O)N(C)C)C[C@@H]3/C=C\CCCCC[C@H](CC(=O)OC(C)(C)C)C(=O)N2C1. The molecule has 1 N–H and O–H groups in total. The molecular weight excluding hydrogens is 699 g/mol. The third kappa shape index (κ3) is 10.00. The first-order valence-electron chi connectivity index (χ1n) is 18.8. The number of benzene rings is 1. The molecule has 14 heteroatoms. The van der Waals surface area contributed by atoms with Gasteiger partial charge in [-0.05, 0) is 76.8 Å². The summed E-state index contributed by atoms with van der Waals surface area (Å²) >= 11 is 0. The van der Waals surface area contributed by atoms with Gasteiger partial charge in [-0.1, -0.05) is 51.0 Å². The van der Waals surface area contributed by atoms with E-state index in [0.717, 1.165) is 29.1 Å². The zero-order chi connectivity index (χ0) is 38.7. The zero-order valence-electron chi connectivity index (χ0n) is 32.1. The number of esters is 1. The summed E-state index contributed by atoms with van der Waals surface area (Å²) in [5.74, 6) is -2.41. The van der Waals surface area contributed by atoms with Crippen molar-refractivity contribution in [2.75, 3.05) is 20.6 Å². The standard InChI is InChI=1S/C39H55N5O8S/c1-25(2)19-31-35(41-30-18-14-13-17-29(30)40-31)51-28-21-32-33(45)23-39(37(48)42-53(49,50)43(6)7)22-27(39)16-12-10-8-9-11-15-26(36(47)44(32)24-28)20-34(46)52-38(3,4)5/h12-14,16-18,25-28,32H,8-11,15,19-24H2,1-7H3,(H,42,48)/b16-12-/t26-,27+,28-,32+,39-/m1/s1. The highest BCUT2D eigenvalue weighted by Crippen LogP contribution is 2.57. The van der Waals surface area contributed by atoms with E-state index in [1.54, 1.807) is 20.8 Å². The van der Waals surface area contributed by atoms with Crippen molar-refractivity contribution in [3.63, 3.8) is 0 Å². The average molecular weight is 754 g/mol. The summed E-state index contributed by atoms with van der Waals surface area (Å²) in [7, 11) is -1.47. The number of amides is 2. The smallest absolute Gasteiger partial charge is 0.307 e. The van der Waals surface area contributed by atoms with Crippen LogP contribution in [0.15, 0.2) is 36.4 Å². The van der Waals surface area contributed by atoms with Crippen LogP contribution in [-0.2, 0) is 40.5 Å². The molecule has 1 aromatic carbocycles. The van der Waals surface area contributed by atoms with E-state index >= 15 is 0 Å². The zero-order valence-corrected chi connectivity index (χ0v) is 32.9. The number of nitrogens with one attached hydrogen (secondary N) is 1. The lowest BCUT2D eigenvalue weighted by Gasteiger charge is -2.29. The quantitative estimate of drug-likeness (QED) is 0.274. The molecule has 0 unspecified atom stereocenters. The minimum absolute atomic E-state index is 0.0627.